The molecule has 0 aliphatic carbocycles. The Kier molecular flexibility index (Phi) is 8.95. The SMILES string of the molecule is N#[N+]C1=CN([C@@H]2O[C@H](COP(=O)(O)OP(=O)(O)OC[C@H]3O[C@@H](n4cnc5c(N)ncnc54)[C@H](O)[C@H]3O)[C@H](O)[C@H]2O)CC=C1. The van der Waals surface area contributed by atoms with Crippen LogP contribution in [0.4, 0.5) is 5.82 Å². The van der Waals surface area contributed by atoms with Crippen molar-refractivity contribution in [3.8, 4) is 0 Å². The van der Waals surface area contributed by atoms with Gasteiger partial charge in [0.2, 0.25) is 5.39 Å². The Balaban J connectivity index is 1.15. The molecule has 0 amide bonds. The van der Waals surface area contributed by atoms with Crippen molar-refractivity contribution in [1.29, 1.82) is 5.39 Å². The summed E-state index contributed by atoms with van der Waals surface area (Å²) < 4.78 is 50.8. The fraction of sp³-hybridized carbons (Fsp3) is 0.550. The molecule has 3 aliphatic heterocycles. The molecule has 23 heteroatoms. The number of aromatic nitrogens is 4. The maximum atomic E-state index is 12.4. The third-order valence-electron chi connectivity index (χ3n) is 6.69. The van der Waals surface area contributed by atoms with Crippen LogP contribution in [0.1, 0.15) is 6.23 Å². The van der Waals surface area contributed by atoms with Gasteiger partial charge in [-0.2, -0.15) is 4.31 Å². The highest BCUT2D eigenvalue weighted by molar-refractivity contribution is 7.61. The number of nitrogen functional groups attached to an aromatic ring is 1. The van der Waals surface area contributed by atoms with Crippen LogP contribution in [-0.4, -0.2) is 117 Å². The molecule has 0 spiro atoms. The summed E-state index contributed by atoms with van der Waals surface area (Å²) in [6, 6.07) is 0. The van der Waals surface area contributed by atoms with E-state index in [0.717, 1.165) is 6.33 Å². The van der Waals surface area contributed by atoms with E-state index in [4.69, 9.17) is 29.6 Å². The van der Waals surface area contributed by atoms with E-state index >= 15 is 0 Å². The predicted octanol–water partition coefficient (Wildman–Crippen LogP) is -1.71. The van der Waals surface area contributed by atoms with Crippen LogP contribution < -0.4 is 5.73 Å². The summed E-state index contributed by atoms with van der Waals surface area (Å²) in [7, 11) is -10.7. The minimum Gasteiger partial charge on any atom is -0.387 e. The number of hydrogen-bond donors (Lipinski definition) is 7. The third kappa shape index (κ3) is 6.62. The highest BCUT2D eigenvalue weighted by Crippen LogP contribution is 2.60. The van der Waals surface area contributed by atoms with Gasteiger partial charge in [0, 0.05) is 12.6 Å². The molecule has 8 N–H and O–H groups in total. The van der Waals surface area contributed by atoms with Gasteiger partial charge in [-0.25, -0.2) is 24.1 Å². The molecule has 43 heavy (non-hydrogen) atoms. The van der Waals surface area contributed by atoms with Crippen molar-refractivity contribution in [1.82, 2.24) is 24.4 Å². The number of hydrogen-bond acceptors (Lipinski definition) is 17. The molecule has 2 aromatic heterocycles. The van der Waals surface area contributed by atoms with E-state index < -0.39 is 77.9 Å². The van der Waals surface area contributed by atoms with Gasteiger partial charge in [-0.3, -0.25) is 13.6 Å². The van der Waals surface area contributed by atoms with E-state index in [1.807, 2.05) is 0 Å². The van der Waals surface area contributed by atoms with Gasteiger partial charge in [0.05, 0.1) is 25.7 Å². The van der Waals surface area contributed by atoms with Gasteiger partial charge in [0.25, 0.3) is 0 Å². The van der Waals surface area contributed by atoms with Crippen LogP contribution in [0.15, 0.2) is 36.7 Å². The number of allylic oxidation sites excluding steroid dienone is 1. The molecule has 3 aliphatic rings. The number of ether oxygens (including phenoxy) is 2. The van der Waals surface area contributed by atoms with E-state index in [2.05, 4.69) is 24.2 Å². The van der Waals surface area contributed by atoms with E-state index in [1.54, 1.807) is 6.08 Å². The molecule has 0 bridgehead atoms. The summed E-state index contributed by atoms with van der Waals surface area (Å²) in [6.07, 6.45) is -4.74. The quantitative estimate of drug-likeness (QED) is 0.111. The number of fused-ring (bicyclic) bond motifs is 1. The zero-order chi connectivity index (χ0) is 31.1. The zero-order valence-corrected chi connectivity index (χ0v) is 23.6. The Bertz CT molecular complexity index is 1550. The lowest BCUT2D eigenvalue weighted by Crippen LogP contribution is -2.42. The van der Waals surface area contributed by atoms with E-state index in [0.29, 0.717) is 0 Å². The summed E-state index contributed by atoms with van der Waals surface area (Å²) in [5.74, 6) is 0.0558. The number of aliphatic hydroxyl groups excluding tert-OH is 4. The Morgan fingerprint density at radius 1 is 0.977 bits per heavy atom. The maximum absolute atomic E-state index is 12.4. The number of diazo groups is 1. The predicted molar refractivity (Wildman–Crippen MR) is 138 cm³/mol. The Morgan fingerprint density at radius 2 is 1.58 bits per heavy atom. The fourth-order valence-electron chi connectivity index (χ4n) is 4.60. The van der Waals surface area contributed by atoms with Crippen LogP contribution in [0, 0.1) is 5.39 Å². The number of nitrogens with zero attached hydrogens (tertiary/aromatic N) is 7. The Morgan fingerprint density at radius 3 is 2.21 bits per heavy atom. The molecule has 10 atom stereocenters. The highest BCUT2D eigenvalue weighted by atomic mass is 31.3. The zero-order valence-electron chi connectivity index (χ0n) is 21.8. The van der Waals surface area contributed by atoms with Gasteiger partial charge in [-0.15, -0.1) is 0 Å². The summed E-state index contributed by atoms with van der Waals surface area (Å²) in [6.45, 7) is -1.53. The smallest absolute Gasteiger partial charge is 0.387 e. The Labute approximate surface area is 241 Å². The summed E-state index contributed by atoms with van der Waals surface area (Å²) >= 11 is 0. The second kappa shape index (κ2) is 12.2. The van der Waals surface area contributed by atoms with E-state index in [9.17, 15) is 39.3 Å². The second-order valence-corrected chi connectivity index (χ2v) is 12.6. The van der Waals surface area contributed by atoms with Gasteiger partial charge >= 0.3 is 21.3 Å². The molecule has 5 rings (SSSR count). The monoisotopic (exact) mass is 649 g/mol. The topological polar surface area (TPSA) is 303 Å². The first kappa shape index (κ1) is 31.5. The Hall–Kier alpha value is -2.93. The van der Waals surface area contributed by atoms with Crippen molar-refractivity contribution in [3.05, 3.63) is 41.7 Å². The van der Waals surface area contributed by atoms with Gasteiger partial charge in [0.1, 0.15) is 48.5 Å². The van der Waals surface area contributed by atoms with Crippen molar-refractivity contribution in [2.75, 3.05) is 25.5 Å². The fourth-order valence-corrected chi connectivity index (χ4v) is 6.69. The van der Waals surface area contributed by atoms with Crippen molar-refractivity contribution in [2.24, 2.45) is 0 Å². The number of imidazole rings is 1. The van der Waals surface area contributed by atoms with Crippen LogP contribution >= 0.6 is 15.6 Å². The van der Waals surface area contributed by atoms with Crippen molar-refractivity contribution in [2.45, 2.75) is 49.1 Å². The van der Waals surface area contributed by atoms with Crippen LogP contribution in [0.5, 0.6) is 0 Å². The molecule has 0 radical (unpaired) electrons. The van der Waals surface area contributed by atoms with Crippen LogP contribution in [-0.2, 0) is 32.0 Å². The van der Waals surface area contributed by atoms with Crippen molar-refractivity contribution in [3.63, 3.8) is 0 Å². The van der Waals surface area contributed by atoms with Crippen LogP contribution in [0.2, 0.25) is 0 Å². The summed E-state index contributed by atoms with van der Waals surface area (Å²) in [5, 5.41) is 50.5. The summed E-state index contributed by atoms with van der Waals surface area (Å²) in [5.41, 5.74) is 6.26. The van der Waals surface area contributed by atoms with Crippen molar-refractivity contribution >= 4 is 32.6 Å². The molecule has 2 saturated heterocycles. The molecule has 234 valence electrons. The van der Waals surface area contributed by atoms with Gasteiger partial charge in [-0.05, 0) is 0 Å². The number of rotatable bonds is 10. The first-order valence-corrected chi connectivity index (χ1v) is 15.4. The number of nitrogens with two attached hydrogens (primary N) is 1. The lowest BCUT2D eigenvalue weighted by atomic mass is 10.1. The number of phosphoric ester groups is 2. The lowest BCUT2D eigenvalue weighted by molar-refractivity contribution is -0.0761. The standard InChI is InChI=1S/C20H26N8O13P2/c21-17-12-18(24-7-23-17)28(8-25-12)20-16(32)14(30)11(40-20)6-38-43(35,36)41-42(33,34)37-5-10-13(29)15(31)19(39-10)27-3-1-2-9(4-27)26-22/h1-2,4,7-8,10-11,13-16,19-20,29-32H,3,5-6H2,(H3-,21,23,24,33,34,35,36)/p+1/t10-,11-,13+,14+,15-,16-,19-,20-/m1/s1. The maximum Gasteiger partial charge on any atom is 0.481 e. The highest BCUT2D eigenvalue weighted by Gasteiger charge is 2.48. The first-order valence-electron chi connectivity index (χ1n) is 12.4. The van der Waals surface area contributed by atoms with Gasteiger partial charge in [-0.1, -0.05) is 6.08 Å². The van der Waals surface area contributed by atoms with Gasteiger partial charge in [0.15, 0.2) is 28.9 Å². The average molecular weight is 649 g/mol. The minimum absolute atomic E-state index is 0.0558. The third-order valence-corrected chi connectivity index (χ3v) is 9.29. The largest absolute Gasteiger partial charge is 0.481 e. The first-order chi connectivity index (χ1) is 20.3. The van der Waals surface area contributed by atoms with Crippen molar-refractivity contribution < 1.29 is 62.2 Å². The lowest BCUT2D eigenvalue weighted by Gasteiger charge is -2.28. The normalized spacial score (nSPS) is 33.7. The van der Waals surface area contributed by atoms with E-state index in [1.165, 1.54) is 28.1 Å². The molecule has 2 fully saturated rings. The van der Waals surface area contributed by atoms with Crippen LogP contribution in [0.3, 0.4) is 0 Å². The number of aliphatic hydroxyl groups is 4. The number of anilines is 1. The molecule has 0 aromatic carbocycles. The van der Waals surface area contributed by atoms with E-state index in [-0.39, 0.29) is 29.2 Å². The second-order valence-electron chi connectivity index (χ2n) is 9.54. The van der Waals surface area contributed by atoms with Gasteiger partial charge < -0.3 is 50.3 Å². The molecule has 2 unspecified atom stereocenters. The van der Waals surface area contributed by atoms with Crippen LogP contribution in [0.25, 0.3) is 16.1 Å². The average Bonchev–Trinajstić information content (AvgIpc) is 3.61. The molecule has 2 aromatic rings. The minimum atomic E-state index is -5.35. The molecule has 5 heterocycles. The molecular weight excluding hydrogens is 622 g/mol. The molecule has 21 nitrogen and oxygen atoms in total. The summed E-state index contributed by atoms with van der Waals surface area (Å²) in [4.78, 5) is 36.3. The number of phosphoric acid groups is 2. The molecule has 0 saturated carbocycles. The molecular formula is C20H27N8O13P2+.